The summed E-state index contributed by atoms with van der Waals surface area (Å²) in [6, 6.07) is 15.1. The summed E-state index contributed by atoms with van der Waals surface area (Å²) in [4.78, 5) is 7.36. The van der Waals surface area contributed by atoms with Gasteiger partial charge in [-0.3, -0.25) is 5.43 Å². The molecule has 0 aliphatic carbocycles. The molecule has 0 fully saturated rings. The number of H-pyrrole nitrogens is 1. The molecule has 4 nitrogen and oxygen atoms in total. The molecule has 0 bridgehead atoms. The minimum Gasteiger partial charge on any atom is -0.359 e. The molecule has 2 heterocycles. The number of hydrogen-bond acceptors (Lipinski definition) is 4. The molecule has 2 aromatic carbocycles. The Morgan fingerprint density at radius 2 is 2.04 bits per heavy atom. The highest BCUT2D eigenvalue weighted by molar-refractivity contribution is 7.14. The summed E-state index contributed by atoms with van der Waals surface area (Å²) in [5.74, 6) is -0.292. The van der Waals surface area contributed by atoms with Crippen LogP contribution in [-0.4, -0.2) is 16.2 Å². The molecule has 2 aromatic heterocycles. The molecule has 0 saturated heterocycles. The first-order valence-corrected chi connectivity index (χ1v) is 8.24. The van der Waals surface area contributed by atoms with Gasteiger partial charge in [0, 0.05) is 22.5 Å². The number of benzene rings is 2. The van der Waals surface area contributed by atoms with E-state index in [0.29, 0.717) is 16.2 Å². The summed E-state index contributed by atoms with van der Waals surface area (Å²) in [6.45, 7) is 0. The van der Waals surface area contributed by atoms with E-state index < -0.39 is 0 Å². The number of aromatic amines is 1. The van der Waals surface area contributed by atoms with Crippen LogP contribution in [0.3, 0.4) is 0 Å². The Balaban J connectivity index is 1.50. The van der Waals surface area contributed by atoms with E-state index in [-0.39, 0.29) is 5.82 Å². The molecule has 0 aliphatic rings. The van der Waals surface area contributed by atoms with Crippen LogP contribution in [0.15, 0.2) is 65.2 Å². The second-order valence-electron chi connectivity index (χ2n) is 5.22. The quantitative estimate of drug-likeness (QED) is 0.412. The van der Waals surface area contributed by atoms with Crippen LogP contribution in [0, 0.1) is 5.82 Å². The highest BCUT2D eigenvalue weighted by Crippen LogP contribution is 2.24. The lowest BCUT2D eigenvalue weighted by Gasteiger charge is -1.98. The molecule has 0 unspecified atom stereocenters. The van der Waals surface area contributed by atoms with Gasteiger partial charge in [0.1, 0.15) is 5.82 Å². The number of thiazole rings is 1. The second-order valence-corrected chi connectivity index (χ2v) is 6.08. The molecule has 4 aromatic rings. The van der Waals surface area contributed by atoms with Crippen molar-refractivity contribution in [2.24, 2.45) is 5.10 Å². The number of rotatable bonds is 4. The topological polar surface area (TPSA) is 53.1 Å². The van der Waals surface area contributed by atoms with Gasteiger partial charge in [-0.15, -0.1) is 11.3 Å². The van der Waals surface area contributed by atoms with Crippen LogP contribution < -0.4 is 5.43 Å². The maximum Gasteiger partial charge on any atom is 0.203 e. The van der Waals surface area contributed by atoms with Crippen LogP contribution >= 0.6 is 11.3 Å². The maximum atomic E-state index is 13.9. The number of hydrogen-bond donors (Lipinski definition) is 2. The number of nitrogens with one attached hydrogen (secondary N) is 2. The molecule has 0 amide bonds. The smallest absolute Gasteiger partial charge is 0.203 e. The van der Waals surface area contributed by atoms with Crippen molar-refractivity contribution < 1.29 is 4.39 Å². The van der Waals surface area contributed by atoms with Crippen molar-refractivity contribution in [1.82, 2.24) is 9.97 Å². The van der Waals surface area contributed by atoms with Crippen molar-refractivity contribution in [1.29, 1.82) is 0 Å². The van der Waals surface area contributed by atoms with Crippen molar-refractivity contribution in [3.05, 3.63) is 71.5 Å². The first-order valence-electron chi connectivity index (χ1n) is 7.36. The standard InChI is InChI=1S/C18H13FN4S/c19-15-9-12(8-14-6-7-20-17(14)15)10-21-23-18-22-16(11-24-18)13-4-2-1-3-5-13/h1-11,20H,(H,22,23). The fourth-order valence-corrected chi connectivity index (χ4v) is 3.12. The number of fused-ring (bicyclic) bond motifs is 1. The van der Waals surface area contributed by atoms with E-state index in [4.69, 9.17) is 0 Å². The predicted molar refractivity (Wildman–Crippen MR) is 97.0 cm³/mol. The Bertz CT molecular complexity index is 1000. The monoisotopic (exact) mass is 336 g/mol. The third-order valence-corrected chi connectivity index (χ3v) is 4.33. The first-order chi connectivity index (χ1) is 11.8. The molecule has 24 heavy (non-hydrogen) atoms. The van der Waals surface area contributed by atoms with E-state index in [1.807, 2.05) is 47.8 Å². The zero-order valence-electron chi connectivity index (χ0n) is 12.5. The van der Waals surface area contributed by atoms with Crippen molar-refractivity contribution in [3.8, 4) is 11.3 Å². The van der Waals surface area contributed by atoms with Gasteiger partial charge in [0.2, 0.25) is 5.13 Å². The summed E-state index contributed by atoms with van der Waals surface area (Å²) in [5, 5.41) is 7.62. The Kier molecular flexibility index (Phi) is 3.80. The average Bonchev–Trinajstić information content (AvgIpc) is 3.25. The van der Waals surface area contributed by atoms with E-state index in [9.17, 15) is 4.39 Å². The van der Waals surface area contributed by atoms with E-state index in [2.05, 4.69) is 20.5 Å². The highest BCUT2D eigenvalue weighted by Gasteiger charge is 2.04. The molecule has 118 valence electrons. The largest absolute Gasteiger partial charge is 0.359 e. The van der Waals surface area contributed by atoms with Gasteiger partial charge in [0.05, 0.1) is 17.4 Å². The zero-order chi connectivity index (χ0) is 16.4. The third kappa shape index (κ3) is 2.91. The zero-order valence-corrected chi connectivity index (χ0v) is 13.3. The molecule has 0 spiro atoms. The lowest BCUT2D eigenvalue weighted by Crippen LogP contribution is -1.91. The number of aromatic nitrogens is 2. The number of nitrogens with zero attached hydrogens (tertiary/aromatic N) is 2. The second kappa shape index (κ2) is 6.25. The van der Waals surface area contributed by atoms with Crippen molar-refractivity contribution >= 4 is 33.6 Å². The summed E-state index contributed by atoms with van der Waals surface area (Å²) in [7, 11) is 0. The Morgan fingerprint density at radius 1 is 1.17 bits per heavy atom. The highest BCUT2D eigenvalue weighted by atomic mass is 32.1. The lowest BCUT2D eigenvalue weighted by atomic mass is 10.1. The Morgan fingerprint density at radius 3 is 2.92 bits per heavy atom. The fraction of sp³-hybridized carbons (Fsp3) is 0. The van der Waals surface area contributed by atoms with Crippen molar-refractivity contribution in [2.45, 2.75) is 0 Å². The minimum atomic E-state index is -0.292. The molecule has 0 atom stereocenters. The fourth-order valence-electron chi connectivity index (χ4n) is 2.45. The molecule has 2 N–H and O–H groups in total. The van der Waals surface area contributed by atoms with E-state index >= 15 is 0 Å². The predicted octanol–water partition coefficient (Wildman–Crippen LogP) is 4.88. The van der Waals surface area contributed by atoms with Crippen molar-refractivity contribution in [3.63, 3.8) is 0 Å². The summed E-state index contributed by atoms with van der Waals surface area (Å²) in [5.41, 5.74) is 6.05. The molecule has 0 aliphatic heterocycles. The van der Waals surface area contributed by atoms with E-state index in [1.54, 1.807) is 12.4 Å². The van der Waals surface area contributed by atoms with Gasteiger partial charge in [-0.05, 0) is 23.8 Å². The minimum absolute atomic E-state index is 0.292. The van der Waals surface area contributed by atoms with Crippen LogP contribution in [0.25, 0.3) is 22.2 Å². The lowest BCUT2D eigenvalue weighted by molar-refractivity contribution is 0.637. The summed E-state index contributed by atoms with van der Waals surface area (Å²) < 4.78 is 13.9. The molecule has 6 heteroatoms. The van der Waals surface area contributed by atoms with Gasteiger partial charge in [-0.25, -0.2) is 9.37 Å². The molecule has 0 radical (unpaired) electrons. The normalized spacial score (nSPS) is 11.4. The van der Waals surface area contributed by atoms with Gasteiger partial charge in [0.25, 0.3) is 0 Å². The van der Waals surface area contributed by atoms with Crippen LogP contribution in [-0.2, 0) is 0 Å². The van der Waals surface area contributed by atoms with Gasteiger partial charge in [-0.2, -0.15) is 5.10 Å². The molecular formula is C18H13FN4S. The van der Waals surface area contributed by atoms with Crippen LogP contribution in [0.1, 0.15) is 5.56 Å². The molecular weight excluding hydrogens is 323 g/mol. The Hall–Kier alpha value is -2.99. The SMILES string of the molecule is Fc1cc(C=NNc2nc(-c3ccccc3)cs2)cc2cc[nH]c12. The molecule has 4 rings (SSSR count). The van der Waals surface area contributed by atoms with Gasteiger partial charge in [0.15, 0.2) is 0 Å². The number of hydrazone groups is 1. The van der Waals surface area contributed by atoms with Crippen LogP contribution in [0.2, 0.25) is 0 Å². The third-order valence-electron chi connectivity index (χ3n) is 3.58. The average molecular weight is 336 g/mol. The first kappa shape index (κ1) is 14.6. The van der Waals surface area contributed by atoms with Crippen molar-refractivity contribution in [2.75, 3.05) is 5.43 Å². The Labute approximate surface area is 141 Å². The maximum absolute atomic E-state index is 13.9. The number of halogens is 1. The number of anilines is 1. The van der Waals surface area contributed by atoms with Gasteiger partial charge >= 0.3 is 0 Å². The van der Waals surface area contributed by atoms with Gasteiger partial charge in [-0.1, -0.05) is 30.3 Å². The molecule has 0 saturated carbocycles. The summed E-state index contributed by atoms with van der Waals surface area (Å²) >= 11 is 1.47. The van der Waals surface area contributed by atoms with Crippen LogP contribution in [0.5, 0.6) is 0 Å². The van der Waals surface area contributed by atoms with E-state index in [0.717, 1.165) is 16.6 Å². The van der Waals surface area contributed by atoms with Crippen LogP contribution in [0.4, 0.5) is 9.52 Å². The summed E-state index contributed by atoms with van der Waals surface area (Å²) in [6.07, 6.45) is 3.30. The van der Waals surface area contributed by atoms with E-state index in [1.165, 1.54) is 17.4 Å². The van der Waals surface area contributed by atoms with Gasteiger partial charge < -0.3 is 4.98 Å².